The smallest absolute Gasteiger partial charge is 0.421 e. The van der Waals surface area contributed by atoms with Crippen LogP contribution in [0, 0.1) is 5.82 Å². The van der Waals surface area contributed by atoms with E-state index >= 15 is 0 Å². The van der Waals surface area contributed by atoms with Crippen LogP contribution < -0.4 is 10.2 Å². The highest BCUT2D eigenvalue weighted by Crippen LogP contribution is 2.60. The summed E-state index contributed by atoms with van der Waals surface area (Å²) in [5, 5.41) is 4.05. The van der Waals surface area contributed by atoms with Crippen LogP contribution in [0.15, 0.2) is 60.7 Å². The van der Waals surface area contributed by atoms with Crippen molar-refractivity contribution in [3.05, 3.63) is 98.8 Å². The molecule has 1 saturated heterocycles. The molecule has 3 amide bonds. The maximum atomic E-state index is 14.9. The summed E-state index contributed by atoms with van der Waals surface area (Å²) in [7, 11) is 0. The number of hydrogen-bond donors (Lipinski definition) is 1. The summed E-state index contributed by atoms with van der Waals surface area (Å²) >= 11 is 16.2. The summed E-state index contributed by atoms with van der Waals surface area (Å²) < 4.78 is 20.4. The van der Waals surface area contributed by atoms with Crippen molar-refractivity contribution in [2.75, 3.05) is 4.90 Å². The number of nitrogens with one attached hydrogen (secondary N) is 1. The summed E-state index contributed by atoms with van der Waals surface area (Å²) in [4.78, 5) is 42.8. The maximum Gasteiger partial charge on any atom is 0.421 e. The number of amides is 3. The summed E-state index contributed by atoms with van der Waals surface area (Å²) in [6.45, 7) is 5.11. The van der Waals surface area contributed by atoms with Crippen LogP contribution in [-0.2, 0) is 25.1 Å². The molecule has 0 aromatic heterocycles. The van der Waals surface area contributed by atoms with E-state index in [0.29, 0.717) is 37.6 Å². The van der Waals surface area contributed by atoms with Crippen LogP contribution >= 0.6 is 39.1 Å². The van der Waals surface area contributed by atoms with Crippen LogP contribution in [0.2, 0.25) is 10.0 Å². The summed E-state index contributed by atoms with van der Waals surface area (Å²) in [6.07, 6.45) is -0.954. The van der Waals surface area contributed by atoms with Gasteiger partial charge in [0.2, 0.25) is 11.8 Å². The van der Waals surface area contributed by atoms with Crippen molar-refractivity contribution in [3.63, 3.8) is 0 Å². The predicted molar refractivity (Wildman–Crippen MR) is 156 cm³/mol. The lowest BCUT2D eigenvalue weighted by Gasteiger charge is -2.47. The largest absolute Gasteiger partial charge is 0.443 e. The average Bonchev–Trinajstić information content (AvgIpc) is 3.12. The van der Waals surface area contributed by atoms with Gasteiger partial charge in [-0.15, -0.1) is 0 Å². The van der Waals surface area contributed by atoms with Crippen LogP contribution in [0.4, 0.5) is 14.9 Å². The number of nitrogens with zero attached hydrogens (tertiary/aromatic N) is 1. The van der Waals surface area contributed by atoms with E-state index in [1.165, 1.54) is 18.2 Å². The predicted octanol–water partition coefficient (Wildman–Crippen LogP) is 7.59. The van der Waals surface area contributed by atoms with E-state index in [0.717, 1.165) is 4.90 Å². The Balaban J connectivity index is 1.86. The molecule has 3 aromatic carbocycles. The molecule has 1 spiro atoms. The Bertz CT molecular complexity index is 1540. The third-order valence-corrected chi connectivity index (χ3v) is 8.37. The first kappa shape index (κ1) is 28.6. The SMILES string of the molecule is CC(C)(C)OC(=O)N1C(=O)[C@]2(c3ccc(Cl)cc31)[C@@H](c1cc(F)ccc1CBr)NC(=O)C[C@H]2c1cccc(Cl)c1. The van der Waals surface area contributed by atoms with Gasteiger partial charge in [-0.1, -0.05) is 63.4 Å². The lowest BCUT2D eigenvalue weighted by atomic mass is 9.59. The fourth-order valence-electron chi connectivity index (χ4n) is 5.82. The number of piperidine rings is 1. The van der Waals surface area contributed by atoms with Gasteiger partial charge in [0.15, 0.2) is 0 Å². The number of carbonyl (C=O) groups is 3. The van der Waals surface area contributed by atoms with Gasteiger partial charge in [0.25, 0.3) is 0 Å². The zero-order valence-corrected chi connectivity index (χ0v) is 25.0. The Morgan fingerprint density at radius 3 is 2.50 bits per heavy atom. The highest BCUT2D eigenvalue weighted by molar-refractivity contribution is 9.08. The third kappa shape index (κ3) is 4.80. The average molecular weight is 648 g/mol. The second-order valence-electron chi connectivity index (χ2n) is 10.9. The van der Waals surface area contributed by atoms with Gasteiger partial charge in [0.1, 0.15) is 16.8 Å². The first-order chi connectivity index (χ1) is 18.9. The second-order valence-corrected chi connectivity index (χ2v) is 12.4. The number of ether oxygens (including phenoxy) is 1. The summed E-state index contributed by atoms with van der Waals surface area (Å²) in [6, 6.07) is 15.0. The summed E-state index contributed by atoms with van der Waals surface area (Å²) in [5.74, 6) is -2.24. The Morgan fingerprint density at radius 1 is 1.10 bits per heavy atom. The number of hydrogen-bond acceptors (Lipinski definition) is 4. The molecule has 1 fully saturated rings. The molecule has 6 nitrogen and oxygen atoms in total. The maximum absolute atomic E-state index is 14.9. The zero-order valence-electron chi connectivity index (χ0n) is 21.9. The van der Waals surface area contributed by atoms with E-state index in [2.05, 4.69) is 21.2 Å². The van der Waals surface area contributed by atoms with E-state index in [4.69, 9.17) is 27.9 Å². The van der Waals surface area contributed by atoms with Crippen LogP contribution in [0.25, 0.3) is 0 Å². The standard InChI is InChI=1S/C30H26BrCl2FN2O4/c1-29(2,3)40-28(39)36-24-12-19(33)8-10-22(24)30(27(36)38)23(16-5-4-6-18(32)11-16)14-25(37)35-26(30)21-13-20(34)9-7-17(21)15-31/h4-13,23,26H,14-15H2,1-3H3,(H,35,37)/t23-,26+,30-/m0/s1. The minimum absolute atomic E-state index is 0.0776. The zero-order chi connectivity index (χ0) is 29.0. The molecule has 40 heavy (non-hydrogen) atoms. The number of halogens is 4. The van der Waals surface area contributed by atoms with Crippen molar-refractivity contribution in [2.24, 2.45) is 0 Å². The van der Waals surface area contributed by atoms with Crippen LogP contribution in [-0.4, -0.2) is 23.5 Å². The molecule has 10 heteroatoms. The fourth-order valence-corrected chi connectivity index (χ4v) is 6.69. The molecule has 0 unspecified atom stereocenters. The molecule has 0 radical (unpaired) electrons. The molecule has 0 saturated carbocycles. The molecule has 0 aliphatic carbocycles. The molecule has 5 rings (SSSR count). The number of anilines is 1. The van der Waals surface area contributed by atoms with Crippen molar-refractivity contribution in [1.82, 2.24) is 5.32 Å². The van der Waals surface area contributed by atoms with Crippen molar-refractivity contribution in [3.8, 4) is 0 Å². The van der Waals surface area contributed by atoms with Crippen molar-refractivity contribution in [2.45, 2.75) is 55.5 Å². The van der Waals surface area contributed by atoms with Gasteiger partial charge in [-0.25, -0.2) is 14.1 Å². The molecule has 3 aromatic rings. The molecule has 208 valence electrons. The number of rotatable bonds is 3. The number of alkyl halides is 1. The highest BCUT2D eigenvalue weighted by atomic mass is 79.9. The highest BCUT2D eigenvalue weighted by Gasteiger charge is 2.65. The Morgan fingerprint density at radius 2 is 1.82 bits per heavy atom. The first-order valence-corrected chi connectivity index (χ1v) is 14.5. The molecule has 2 aliphatic rings. The Kier molecular flexibility index (Phi) is 7.48. The number of imide groups is 1. The minimum Gasteiger partial charge on any atom is -0.443 e. The van der Waals surface area contributed by atoms with Gasteiger partial charge in [0.05, 0.1) is 11.7 Å². The van der Waals surface area contributed by atoms with Gasteiger partial charge < -0.3 is 10.1 Å². The van der Waals surface area contributed by atoms with Gasteiger partial charge in [-0.2, -0.15) is 0 Å². The fraction of sp³-hybridized carbons (Fsp3) is 0.300. The first-order valence-electron chi connectivity index (χ1n) is 12.6. The molecule has 0 bridgehead atoms. The molecular formula is C30H26BrCl2FN2O4. The lowest BCUT2D eigenvalue weighted by molar-refractivity contribution is -0.132. The number of fused-ring (bicyclic) bond motifs is 2. The molecular weight excluding hydrogens is 622 g/mol. The Hall–Kier alpha value is -2.94. The topological polar surface area (TPSA) is 75.7 Å². The van der Waals surface area contributed by atoms with Crippen LogP contribution in [0.3, 0.4) is 0 Å². The van der Waals surface area contributed by atoms with Gasteiger partial charge >= 0.3 is 6.09 Å². The van der Waals surface area contributed by atoms with Crippen molar-refractivity contribution < 1.29 is 23.5 Å². The number of carbonyl (C=O) groups excluding carboxylic acids is 3. The molecule has 1 N–H and O–H groups in total. The Labute approximate surface area is 249 Å². The summed E-state index contributed by atoms with van der Waals surface area (Å²) in [5.41, 5.74) is -0.0349. The van der Waals surface area contributed by atoms with Crippen molar-refractivity contribution >= 4 is 62.7 Å². The molecule has 2 aliphatic heterocycles. The van der Waals surface area contributed by atoms with E-state index in [-0.39, 0.29) is 18.0 Å². The van der Waals surface area contributed by atoms with Gasteiger partial charge in [0, 0.05) is 27.7 Å². The third-order valence-electron chi connectivity index (χ3n) is 7.29. The lowest BCUT2D eigenvalue weighted by Crippen LogP contribution is -2.59. The van der Waals surface area contributed by atoms with Crippen molar-refractivity contribution in [1.29, 1.82) is 0 Å². The normalized spacial score (nSPS) is 22.3. The van der Waals surface area contributed by atoms with Gasteiger partial charge in [-0.05, 0) is 79.4 Å². The molecule has 3 atom stereocenters. The second kappa shape index (κ2) is 10.5. The van der Waals surface area contributed by atoms with Gasteiger partial charge in [-0.3, -0.25) is 9.59 Å². The van der Waals surface area contributed by atoms with Crippen LogP contribution in [0.5, 0.6) is 0 Å². The number of benzene rings is 3. The molecule has 2 heterocycles. The van der Waals surface area contributed by atoms with E-state index in [1.807, 2.05) is 0 Å². The monoisotopic (exact) mass is 646 g/mol. The van der Waals surface area contributed by atoms with Crippen LogP contribution in [0.1, 0.15) is 61.4 Å². The minimum atomic E-state index is -1.57. The quantitative estimate of drug-likeness (QED) is 0.297. The van der Waals surface area contributed by atoms with E-state index in [9.17, 15) is 18.8 Å². The van der Waals surface area contributed by atoms with E-state index in [1.54, 1.807) is 63.2 Å². The van der Waals surface area contributed by atoms with E-state index < -0.39 is 40.8 Å².